The third-order valence-electron chi connectivity index (χ3n) is 3.71. The van der Waals surface area contributed by atoms with Crippen molar-refractivity contribution in [3.8, 4) is 0 Å². The molecule has 1 saturated heterocycles. The van der Waals surface area contributed by atoms with Crippen LogP contribution in [0.2, 0.25) is 0 Å². The number of likely N-dealkylation sites (N-methyl/N-ethyl adjacent to an activating group) is 1. The van der Waals surface area contributed by atoms with Gasteiger partial charge in [0, 0.05) is 52.6 Å². The first-order valence-corrected chi connectivity index (χ1v) is 7.34. The van der Waals surface area contributed by atoms with E-state index in [0.29, 0.717) is 13.0 Å². The fourth-order valence-electron chi connectivity index (χ4n) is 2.40. The van der Waals surface area contributed by atoms with Gasteiger partial charge in [-0.1, -0.05) is 13.8 Å². The maximum Gasteiger partial charge on any atom is 0.224 e. The number of piperazine rings is 1. The Bertz CT molecular complexity index is 299. The van der Waals surface area contributed by atoms with Gasteiger partial charge in [0.1, 0.15) is 0 Å². The summed E-state index contributed by atoms with van der Waals surface area (Å²) >= 11 is 0. The van der Waals surface area contributed by atoms with Crippen molar-refractivity contribution < 1.29 is 9.59 Å². The zero-order valence-corrected chi connectivity index (χ0v) is 12.5. The van der Waals surface area contributed by atoms with Gasteiger partial charge in [0.15, 0.2) is 0 Å². The number of carbonyl (C=O) groups is 2. The smallest absolute Gasteiger partial charge is 0.224 e. The Morgan fingerprint density at radius 2 is 1.68 bits per heavy atom. The summed E-state index contributed by atoms with van der Waals surface area (Å²) in [6.07, 6.45) is 1.38. The Balaban J connectivity index is 2.32. The van der Waals surface area contributed by atoms with Gasteiger partial charge < -0.3 is 14.7 Å². The van der Waals surface area contributed by atoms with Crippen LogP contribution in [0.3, 0.4) is 0 Å². The number of carbonyl (C=O) groups excluding carboxylic acids is 2. The van der Waals surface area contributed by atoms with Gasteiger partial charge in [0.25, 0.3) is 0 Å². The molecular weight excluding hydrogens is 242 g/mol. The molecule has 0 atom stereocenters. The summed E-state index contributed by atoms with van der Waals surface area (Å²) in [7, 11) is 0. The molecule has 1 fully saturated rings. The number of nitrogens with zero attached hydrogens (tertiary/aromatic N) is 3. The van der Waals surface area contributed by atoms with Gasteiger partial charge in [0.2, 0.25) is 11.8 Å². The Hall–Kier alpha value is -1.10. The predicted octanol–water partition coefficient (Wildman–Crippen LogP) is 0.799. The van der Waals surface area contributed by atoms with Crippen LogP contribution in [-0.4, -0.2) is 72.3 Å². The normalized spacial score (nSPS) is 16.5. The minimum absolute atomic E-state index is 0.0606. The molecule has 0 bridgehead atoms. The number of hydrogen-bond donors (Lipinski definition) is 0. The first-order chi connectivity index (χ1) is 9.08. The Kier molecular flexibility index (Phi) is 6.84. The Morgan fingerprint density at radius 3 is 2.16 bits per heavy atom. The molecule has 0 spiro atoms. The number of amides is 2. The summed E-state index contributed by atoms with van der Waals surface area (Å²) in [6.45, 7) is 11.7. The SMILES string of the molecule is CCCN(CCC(=O)N1CCN(CC)CC1)C(C)=O. The highest BCUT2D eigenvalue weighted by molar-refractivity contribution is 5.78. The van der Waals surface area contributed by atoms with Crippen molar-refractivity contribution >= 4 is 11.8 Å². The summed E-state index contributed by atoms with van der Waals surface area (Å²) in [5.74, 6) is 0.239. The third kappa shape index (κ3) is 5.19. The van der Waals surface area contributed by atoms with Crippen LogP contribution in [0.1, 0.15) is 33.6 Å². The largest absolute Gasteiger partial charge is 0.342 e. The van der Waals surface area contributed by atoms with Gasteiger partial charge >= 0.3 is 0 Å². The van der Waals surface area contributed by atoms with E-state index in [2.05, 4.69) is 11.8 Å². The molecule has 0 N–H and O–H groups in total. The highest BCUT2D eigenvalue weighted by Crippen LogP contribution is 2.05. The molecule has 0 aliphatic carbocycles. The van der Waals surface area contributed by atoms with Crippen LogP contribution in [0, 0.1) is 0 Å². The first-order valence-electron chi connectivity index (χ1n) is 7.34. The van der Waals surface area contributed by atoms with Crippen LogP contribution in [-0.2, 0) is 9.59 Å². The van der Waals surface area contributed by atoms with Crippen molar-refractivity contribution in [2.45, 2.75) is 33.6 Å². The molecule has 19 heavy (non-hydrogen) atoms. The summed E-state index contributed by atoms with van der Waals surface area (Å²) in [5, 5.41) is 0. The lowest BCUT2D eigenvalue weighted by atomic mass is 10.2. The van der Waals surface area contributed by atoms with Crippen LogP contribution in [0.25, 0.3) is 0 Å². The summed E-state index contributed by atoms with van der Waals surface area (Å²) in [5.41, 5.74) is 0. The molecule has 0 unspecified atom stereocenters. The zero-order valence-electron chi connectivity index (χ0n) is 12.5. The lowest BCUT2D eigenvalue weighted by Crippen LogP contribution is -2.49. The number of rotatable bonds is 6. The summed E-state index contributed by atoms with van der Waals surface area (Å²) in [4.78, 5) is 29.5. The van der Waals surface area contributed by atoms with E-state index < -0.39 is 0 Å². The van der Waals surface area contributed by atoms with Crippen molar-refractivity contribution in [2.75, 3.05) is 45.8 Å². The molecular formula is C14H27N3O2. The van der Waals surface area contributed by atoms with Crippen LogP contribution in [0.4, 0.5) is 0 Å². The molecule has 1 aliphatic rings. The van der Waals surface area contributed by atoms with Crippen molar-refractivity contribution in [1.29, 1.82) is 0 Å². The molecule has 0 aromatic heterocycles. The van der Waals surface area contributed by atoms with Crippen molar-refractivity contribution in [1.82, 2.24) is 14.7 Å². The highest BCUT2D eigenvalue weighted by atomic mass is 16.2. The minimum Gasteiger partial charge on any atom is -0.342 e. The van der Waals surface area contributed by atoms with E-state index in [9.17, 15) is 9.59 Å². The molecule has 2 amide bonds. The average molecular weight is 269 g/mol. The van der Waals surface area contributed by atoms with E-state index >= 15 is 0 Å². The quantitative estimate of drug-likeness (QED) is 0.716. The molecule has 0 radical (unpaired) electrons. The first kappa shape index (κ1) is 16.0. The molecule has 0 aromatic carbocycles. The average Bonchev–Trinajstić information content (AvgIpc) is 2.42. The molecule has 110 valence electrons. The predicted molar refractivity (Wildman–Crippen MR) is 75.9 cm³/mol. The monoisotopic (exact) mass is 269 g/mol. The molecule has 0 aromatic rings. The van der Waals surface area contributed by atoms with Gasteiger partial charge in [-0.05, 0) is 13.0 Å². The maximum atomic E-state index is 12.1. The van der Waals surface area contributed by atoms with Crippen LogP contribution >= 0.6 is 0 Å². The molecule has 5 heteroatoms. The van der Waals surface area contributed by atoms with Crippen molar-refractivity contribution in [3.63, 3.8) is 0 Å². The Labute approximate surface area is 116 Å². The fraction of sp³-hybridized carbons (Fsp3) is 0.857. The standard InChI is InChI=1S/C14H27N3O2/c1-4-7-16(13(3)18)8-6-14(19)17-11-9-15(5-2)10-12-17/h4-12H2,1-3H3. The maximum absolute atomic E-state index is 12.1. The molecule has 5 nitrogen and oxygen atoms in total. The van der Waals surface area contributed by atoms with E-state index in [0.717, 1.165) is 45.7 Å². The van der Waals surface area contributed by atoms with Gasteiger partial charge in [-0.3, -0.25) is 9.59 Å². The lowest BCUT2D eigenvalue weighted by molar-refractivity contribution is -0.134. The van der Waals surface area contributed by atoms with Crippen LogP contribution in [0.15, 0.2) is 0 Å². The van der Waals surface area contributed by atoms with Crippen molar-refractivity contribution in [3.05, 3.63) is 0 Å². The second-order valence-electron chi connectivity index (χ2n) is 5.07. The number of hydrogen-bond acceptors (Lipinski definition) is 3. The molecule has 1 heterocycles. The second-order valence-corrected chi connectivity index (χ2v) is 5.07. The summed E-state index contributed by atoms with van der Waals surface area (Å²) < 4.78 is 0. The molecule has 1 rings (SSSR count). The van der Waals surface area contributed by atoms with Gasteiger partial charge in [-0.2, -0.15) is 0 Å². The van der Waals surface area contributed by atoms with E-state index in [1.54, 1.807) is 11.8 Å². The van der Waals surface area contributed by atoms with Gasteiger partial charge in [-0.15, -0.1) is 0 Å². The fourth-order valence-corrected chi connectivity index (χ4v) is 2.40. The van der Waals surface area contributed by atoms with Gasteiger partial charge in [-0.25, -0.2) is 0 Å². The second kappa shape index (κ2) is 8.15. The van der Waals surface area contributed by atoms with E-state index in [1.165, 1.54) is 0 Å². The van der Waals surface area contributed by atoms with Gasteiger partial charge in [0.05, 0.1) is 0 Å². The summed E-state index contributed by atoms with van der Waals surface area (Å²) in [6, 6.07) is 0. The third-order valence-corrected chi connectivity index (χ3v) is 3.71. The lowest BCUT2D eigenvalue weighted by Gasteiger charge is -2.34. The van der Waals surface area contributed by atoms with E-state index in [1.807, 2.05) is 11.8 Å². The topological polar surface area (TPSA) is 43.9 Å². The van der Waals surface area contributed by atoms with Crippen molar-refractivity contribution in [2.24, 2.45) is 0 Å². The van der Waals surface area contributed by atoms with E-state index in [4.69, 9.17) is 0 Å². The van der Waals surface area contributed by atoms with Crippen LogP contribution in [0.5, 0.6) is 0 Å². The Morgan fingerprint density at radius 1 is 1.05 bits per heavy atom. The minimum atomic E-state index is 0.0606. The molecule has 1 aliphatic heterocycles. The van der Waals surface area contributed by atoms with E-state index in [-0.39, 0.29) is 11.8 Å². The zero-order chi connectivity index (χ0) is 14.3. The molecule has 0 saturated carbocycles. The van der Waals surface area contributed by atoms with Crippen LogP contribution < -0.4 is 0 Å². The highest BCUT2D eigenvalue weighted by Gasteiger charge is 2.20.